The van der Waals surface area contributed by atoms with Crippen LogP contribution in [0.3, 0.4) is 0 Å². The Morgan fingerprint density at radius 2 is 2.12 bits per heavy atom. The molecule has 3 rings (SSSR count). The zero-order valence-electron chi connectivity index (χ0n) is 14.0. The molecule has 5 heteroatoms. The topological polar surface area (TPSA) is 63.2 Å². The molecule has 1 aromatic carbocycles. The molecular formula is C19H25N3O2. The summed E-state index contributed by atoms with van der Waals surface area (Å²) in [5.41, 5.74) is 2.02. The first-order valence-electron chi connectivity index (χ1n) is 8.79. The predicted molar refractivity (Wildman–Crippen MR) is 94.8 cm³/mol. The lowest BCUT2D eigenvalue weighted by molar-refractivity contribution is 0.0103. The Kier molecular flexibility index (Phi) is 6.01. The molecule has 5 nitrogen and oxygen atoms in total. The number of hydrogen-bond donors (Lipinski definition) is 2. The second-order valence-corrected chi connectivity index (χ2v) is 6.23. The Morgan fingerprint density at radius 1 is 1.21 bits per heavy atom. The number of pyridine rings is 1. The number of nitrogens with one attached hydrogen (secondary N) is 2. The summed E-state index contributed by atoms with van der Waals surface area (Å²) in [6.07, 6.45) is 7.74. The van der Waals surface area contributed by atoms with Crippen molar-refractivity contribution in [2.75, 3.05) is 13.2 Å². The van der Waals surface area contributed by atoms with Crippen LogP contribution in [0.15, 0.2) is 36.5 Å². The summed E-state index contributed by atoms with van der Waals surface area (Å²) in [6.45, 7) is 2.07. The highest BCUT2D eigenvalue weighted by Gasteiger charge is 2.13. The normalized spacial score (nSPS) is 17.6. The van der Waals surface area contributed by atoms with Crippen LogP contribution in [0.1, 0.15) is 37.7 Å². The quantitative estimate of drug-likeness (QED) is 0.800. The number of ether oxygens (including phenoxy) is 1. The Bertz CT molecular complexity index is 663. The van der Waals surface area contributed by atoms with Gasteiger partial charge in [0.15, 0.2) is 0 Å². The van der Waals surface area contributed by atoms with Gasteiger partial charge in [-0.15, -0.1) is 0 Å². The van der Waals surface area contributed by atoms with Gasteiger partial charge < -0.3 is 15.4 Å². The molecule has 2 heterocycles. The molecule has 0 bridgehead atoms. The van der Waals surface area contributed by atoms with Crippen molar-refractivity contribution < 1.29 is 9.53 Å². The van der Waals surface area contributed by atoms with Crippen molar-refractivity contribution in [1.29, 1.82) is 0 Å². The minimum Gasteiger partial charge on any atom is -0.378 e. The Labute approximate surface area is 142 Å². The fraction of sp³-hybridized carbons (Fsp3) is 0.474. The number of urea groups is 1. The number of fused-ring (bicyclic) bond motifs is 1. The minimum atomic E-state index is -0.125. The lowest BCUT2D eigenvalue weighted by Gasteiger charge is -2.22. The van der Waals surface area contributed by atoms with Crippen LogP contribution in [0.2, 0.25) is 0 Å². The van der Waals surface area contributed by atoms with Gasteiger partial charge in [0, 0.05) is 31.3 Å². The molecule has 2 N–H and O–H groups in total. The van der Waals surface area contributed by atoms with E-state index in [-0.39, 0.29) is 6.03 Å². The van der Waals surface area contributed by atoms with Crippen LogP contribution in [0.25, 0.3) is 10.9 Å². The van der Waals surface area contributed by atoms with Gasteiger partial charge in [-0.25, -0.2) is 4.79 Å². The van der Waals surface area contributed by atoms with E-state index in [1.807, 2.05) is 30.3 Å². The molecule has 0 aliphatic carbocycles. The van der Waals surface area contributed by atoms with Crippen molar-refractivity contribution in [2.45, 2.75) is 44.8 Å². The number of nitrogens with zero attached hydrogens (tertiary/aromatic N) is 1. The van der Waals surface area contributed by atoms with Crippen LogP contribution in [-0.2, 0) is 11.3 Å². The number of benzene rings is 1. The molecule has 1 aliphatic rings. The second-order valence-electron chi connectivity index (χ2n) is 6.23. The van der Waals surface area contributed by atoms with Gasteiger partial charge in [0.05, 0.1) is 11.6 Å². The Balaban J connectivity index is 1.39. The van der Waals surface area contributed by atoms with Gasteiger partial charge in [-0.2, -0.15) is 0 Å². The number of carbonyl (C=O) groups is 1. The lowest BCUT2D eigenvalue weighted by atomic mass is 10.0. The van der Waals surface area contributed by atoms with E-state index in [0.717, 1.165) is 42.3 Å². The summed E-state index contributed by atoms with van der Waals surface area (Å²) in [5, 5.41) is 6.92. The van der Waals surface area contributed by atoms with Gasteiger partial charge in [0.2, 0.25) is 0 Å². The van der Waals surface area contributed by atoms with Crippen LogP contribution in [0, 0.1) is 0 Å². The van der Waals surface area contributed by atoms with Gasteiger partial charge in [0.1, 0.15) is 0 Å². The fourth-order valence-electron chi connectivity index (χ4n) is 3.11. The number of carbonyl (C=O) groups excluding carboxylic acids is 1. The molecule has 1 aliphatic heterocycles. The van der Waals surface area contributed by atoms with Crippen molar-refractivity contribution in [1.82, 2.24) is 15.6 Å². The number of rotatable bonds is 6. The van der Waals surface area contributed by atoms with Crippen LogP contribution in [0.5, 0.6) is 0 Å². The van der Waals surface area contributed by atoms with Crippen LogP contribution in [0.4, 0.5) is 4.79 Å². The third-order valence-electron chi connectivity index (χ3n) is 4.44. The van der Waals surface area contributed by atoms with E-state index < -0.39 is 0 Å². The van der Waals surface area contributed by atoms with Gasteiger partial charge in [-0.3, -0.25) is 4.98 Å². The van der Waals surface area contributed by atoms with Crippen molar-refractivity contribution in [3.05, 3.63) is 42.1 Å². The van der Waals surface area contributed by atoms with Crippen LogP contribution < -0.4 is 10.6 Å². The molecule has 0 saturated carbocycles. The number of hydrogen-bond acceptors (Lipinski definition) is 3. The third-order valence-corrected chi connectivity index (χ3v) is 4.44. The molecule has 1 atom stereocenters. The Morgan fingerprint density at radius 3 is 3.00 bits per heavy atom. The molecule has 2 amide bonds. The number of amides is 2. The number of para-hydroxylation sites is 1. The molecule has 2 aromatic rings. The van der Waals surface area contributed by atoms with Crippen molar-refractivity contribution in [2.24, 2.45) is 0 Å². The molecule has 1 fully saturated rings. The number of aromatic nitrogens is 1. The van der Waals surface area contributed by atoms with E-state index in [2.05, 4.69) is 15.6 Å². The van der Waals surface area contributed by atoms with E-state index in [0.29, 0.717) is 19.2 Å². The molecule has 24 heavy (non-hydrogen) atoms. The van der Waals surface area contributed by atoms with E-state index in [1.54, 1.807) is 6.20 Å². The first-order valence-corrected chi connectivity index (χ1v) is 8.79. The average molecular weight is 327 g/mol. The second kappa shape index (κ2) is 8.64. The monoisotopic (exact) mass is 327 g/mol. The van der Waals surface area contributed by atoms with Crippen molar-refractivity contribution in [3.8, 4) is 0 Å². The smallest absolute Gasteiger partial charge is 0.315 e. The predicted octanol–water partition coefficient (Wildman–Crippen LogP) is 3.38. The summed E-state index contributed by atoms with van der Waals surface area (Å²) in [4.78, 5) is 16.3. The Hall–Kier alpha value is -2.14. The van der Waals surface area contributed by atoms with Crippen molar-refractivity contribution >= 4 is 16.9 Å². The first-order chi connectivity index (χ1) is 11.8. The van der Waals surface area contributed by atoms with E-state index in [1.165, 1.54) is 12.8 Å². The van der Waals surface area contributed by atoms with E-state index in [4.69, 9.17) is 4.74 Å². The van der Waals surface area contributed by atoms with Gasteiger partial charge >= 0.3 is 6.03 Å². The zero-order chi connectivity index (χ0) is 16.6. The van der Waals surface area contributed by atoms with Crippen molar-refractivity contribution in [3.63, 3.8) is 0 Å². The lowest BCUT2D eigenvalue weighted by Crippen LogP contribution is -2.36. The van der Waals surface area contributed by atoms with Gasteiger partial charge in [-0.1, -0.05) is 18.2 Å². The van der Waals surface area contributed by atoms with Crippen LogP contribution in [-0.4, -0.2) is 30.3 Å². The summed E-state index contributed by atoms with van der Waals surface area (Å²) in [5.74, 6) is 0. The average Bonchev–Trinajstić information content (AvgIpc) is 2.64. The molecule has 1 saturated heterocycles. The van der Waals surface area contributed by atoms with Gasteiger partial charge in [-0.05, 0) is 49.8 Å². The summed E-state index contributed by atoms with van der Waals surface area (Å²) < 4.78 is 5.70. The highest BCUT2D eigenvalue weighted by molar-refractivity contribution is 5.82. The molecule has 0 spiro atoms. The van der Waals surface area contributed by atoms with Crippen LogP contribution >= 0.6 is 0 Å². The molecule has 0 unspecified atom stereocenters. The third kappa shape index (κ3) is 4.68. The maximum Gasteiger partial charge on any atom is 0.315 e. The minimum absolute atomic E-state index is 0.125. The SMILES string of the molecule is O=C(NCCC[C@@H]1CCCCO1)NCc1ccnc2ccccc12. The zero-order valence-corrected chi connectivity index (χ0v) is 14.0. The molecular weight excluding hydrogens is 302 g/mol. The summed E-state index contributed by atoms with van der Waals surface area (Å²) in [6, 6.07) is 9.79. The molecule has 128 valence electrons. The molecule has 0 radical (unpaired) electrons. The highest BCUT2D eigenvalue weighted by atomic mass is 16.5. The highest BCUT2D eigenvalue weighted by Crippen LogP contribution is 2.17. The summed E-state index contributed by atoms with van der Waals surface area (Å²) >= 11 is 0. The standard InChI is InChI=1S/C19H25N3O2/c23-19(21-11-5-7-16-6-3-4-13-24-16)22-14-15-10-12-20-18-9-2-1-8-17(15)18/h1-2,8-10,12,16H,3-7,11,13-14H2,(H2,21,22,23)/t16-/m0/s1. The maximum absolute atomic E-state index is 11.9. The van der Waals surface area contributed by atoms with E-state index >= 15 is 0 Å². The first kappa shape index (κ1) is 16.7. The molecule has 1 aromatic heterocycles. The fourth-order valence-corrected chi connectivity index (χ4v) is 3.11. The maximum atomic E-state index is 11.9. The summed E-state index contributed by atoms with van der Waals surface area (Å²) in [7, 11) is 0. The van der Waals surface area contributed by atoms with Gasteiger partial charge in [0.25, 0.3) is 0 Å². The largest absolute Gasteiger partial charge is 0.378 e. The van der Waals surface area contributed by atoms with E-state index in [9.17, 15) is 4.79 Å².